The molecule has 0 aromatic carbocycles. The molecule has 4 heteroatoms. The summed E-state index contributed by atoms with van der Waals surface area (Å²) in [7, 11) is 0. The van der Waals surface area contributed by atoms with Crippen LogP contribution in [0.1, 0.15) is 60.3 Å². The van der Waals surface area contributed by atoms with E-state index in [9.17, 15) is 10.1 Å². The molecule has 1 amide bonds. The van der Waals surface area contributed by atoms with Crippen molar-refractivity contribution in [1.29, 1.82) is 5.26 Å². The standard InChI is InChI=1S/C14H24N2O2/c1-12(2,3)18-11(17)16-14(10-15)8-6-13(4,5)7-9-14/h6-9H2,1-5H3,(H,16,17). The van der Waals surface area contributed by atoms with Gasteiger partial charge in [0.25, 0.3) is 0 Å². The molecule has 0 atom stereocenters. The van der Waals surface area contributed by atoms with Gasteiger partial charge in [0.15, 0.2) is 0 Å². The fourth-order valence-electron chi connectivity index (χ4n) is 2.12. The summed E-state index contributed by atoms with van der Waals surface area (Å²) in [4.78, 5) is 11.8. The average Bonchev–Trinajstić information content (AvgIpc) is 2.19. The molecule has 102 valence electrons. The van der Waals surface area contributed by atoms with Gasteiger partial charge in [-0.1, -0.05) is 13.8 Å². The Labute approximate surface area is 110 Å². The number of amides is 1. The molecule has 0 bridgehead atoms. The Morgan fingerprint density at radius 1 is 1.22 bits per heavy atom. The van der Waals surface area contributed by atoms with Crippen molar-refractivity contribution >= 4 is 6.09 Å². The van der Waals surface area contributed by atoms with E-state index in [0.717, 1.165) is 12.8 Å². The van der Waals surface area contributed by atoms with Gasteiger partial charge in [-0.3, -0.25) is 0 Å². The first kappa shape index (κ1) is 14.8. The summed E-state index contributed by atoms with van der Waals surface area (Å²) in [5.74, 6) is 0. The van der Waals surface area contributed by atoms with E-state index in [1.165, 1.54) is 0 Å². The maximum Gasteiger partial charge on any atom is 0.408 e. The molecule has 0 aliphatic heterocycles. The topological polar surface area (TPSA) is 62.1 Å². The number of hydrogen-bond donors (Lipinski definition) is 1. The molecule has 1 aliphatic carbocycles. The van der Waals surface area contributed by atoms with Gasteiger partial charge in [0.05, 0.1) is 6.07 Å². The van der Waals surface area contributed by atoms with Gasteiger partial charge in [0.2, 0.25) is 0 Å². The van der Waals surface area contributed by atoms with Crippen LogP contribution in [0.15, 0.2) is 0 Å². The Kier molecular flexibility index (Phi) is 3.95. The number of carbonyl (C=O) groups is 1. The highest BCUT2D eigenvalue weighted by molar-refractivity contribution is 5.69. The minimum atomic E-state index is -0.752. The van der Waals surface area contributed by atoms with Crippen LogP contribution in [0.25, 0.3) is 0 Å². The summed E-state index contributed by atoms with van der Waals surface area (Å²) < 4.78 is 5.22. The quantitative estimate of drug-likeness (QED) is 0.778. The van der Waals surface area contributed by atoms with Crippen LogP contribution in [-0.4, -0.2) is 17.2 Å². The molecule has 1 N–H and O–H groups in total. The molecule has 4 nitrogen and oxygen atoms in total. The average molecular weight is 252 g/mol. The lowest BCUT2D eigenvalue weighted by molar-refractivity contribution is 0.0432. The number of rotatable bonds is 1. The number of nitrogens with one attached hydrogen (secondary N) is 1. The fourth-order valence-corrected chi connectivity index (χ4v) is 2.12. The van der Waals surface area contributed by atoms with Crippen molar-refractivity contribution in [2.45, 2.75) is 71.4 Å². The Morgan fingerprint density at radius 2 is 1.72 bits per heavy atom. The predicted molar refractivity (Wildman–Crippen MR) is 70.0 cm³/mol. The molecule has 0 radical (unpaired) electrons. The minimum Gasteiger partial charge on any atom is -0.444 e. The second kappa shape index (κ2) is 4.79. The Balaban J connectivity index is 2.64. The van der Waals surface area contributed by atoms with Crippen molar-refractivity contribution in [2.75, 3.05) is 0 Å². The van der Waals surface area contributed by atoms with Crippen LogP contribution in [0.4, 0.5) is 4.79 Å². The van der Waals surface area contributed by atoms with Crippen molar-refractivity contribution in [1.82, 2.24) is 5.32 Å². The van der Waals surface area contributed by atoms with Crippen molar-refractivity contribution < 1.29 is 9.53 Å². The van der Waals surface area contributed by atoms with Gasteiger partial charge in [-0.15, -0.1) is 0 Å². The number of carbonyl (C=O) groups excluding carboxylic acids is 1. The molecule has 0 saturated heterocycles. The molecule has 0 heterocycles. The SMILES string of the molecule is CC1(C)CCC(C#N)(NC(=O)OC(C)(C)C)CC1. The van der Waals surface area contributed by atoms with Crippen molar-refractivity contribution in [3.05, 3.63) is 0 Å². The summed E-state index contributed by atoms with van der Waals surface area (Å²) in [5, 5.41) is 12.1. The highest BCUT2D eigenvalue weighted by Crippen LogP contribution is 2.39. The largest absolute Gasteiger partial charge is 0.444 e. The van der Waals surface area contributed by atoms with Gasteiger partial charge in [0, 0.05) is 0 Å². The first-order valence-electron chi connectivity index (χ1n) is 6.50. The zero-order valence-corrected chi connectivity index (χ0v) is 12.1. The Hall–Kier alpha value is -1.24. The molecule has 0 unspecified atom stereocenters. The van der Waals surface area contributed by atoms with Crippen molar-refractivity contribution in [2.24, 2.45) is 5.41 Å². The first-order valence-corrected chi connectivity index (χ1v) is 6.50. The third kappa shape index (κ3) is 4.21. The Morgan fingerprint density at radius 3 is 2.11 bits per heavy atom. The number of alkyl carbamates (subject to hydrolysis) is 1. The maximum absolute atomic E-state index is 11.8. The Bertz CT molecular complexity index is 351. The monoisotopic (exact) mass is 252 g/mol. The van der Waals surface area contributed by atoms with E-state index in [-0.39, 0.29) is 5.41 Å². The molecule has 18 heavy (non-hydrogen) atoms. The zero-order chi connectivity index (χ0) is 14.0. The smallest absolute Gasteiger partial charge is 0.408 e. The van der Waals surface area contributed by atoms with E-state index >= 15 is 0 Å². The summed E-state index contributed by atoms with van der Waals surface area (Å²) in [6, 6.07) is 2.26. The highest BCUT2D eigenvalue weighted by Gasteiger charge is 2.40. The van der Waals surface area contributed by atoms with E-state index in [1.54, 1.807) is 0 Å². The number of hydrogen-bond acceptors (Lipinski definition) is 3. The van der Waals surface area contributed by atoms with Crippen LogP contribution in [0.5, 0.6) is 0 Å². The van der Waals surface area contributed by atoms with Crippen LogP contribution in [0.2, 0.25) is 0 Å². The number of nitriles is 1. The zero-order valence-electron chi connectivity index (χ0n) is 12.1. The molecule has 0 aromatic heterocycles. The lowest BCUT2D eigenvalue weighted by Crippen LogP contribution is -2.52. The normalized spacial score (nSPS) is 21.8. The molecule has 0 spiro atoms. The minimum absolute atomic E-state index is 0.260. The van der Waals surface area contributed by atoms with Crippen molar-refractivity contribution in [3.8, 4) is 6.07 Å². The second-order valence-electron chi connectivity index (χ2n) is 6.99. The lowest BCUT2D eigenvalue weighted by atomic mass is 9.70. The molecule has 1 fully saturated rings. The molecular weight excluding hydrogens is 228 g/mol. The first-order chi connectivity index (χ1) is 8.08. The van der Waals surface area contributed by atoms with Crippen LogP contribution < -0.4 is 5.32 Å². The van der Waals surface area contributed by atoms with E-state index in [2.05, 4.69) is 25.2 Å². The molecule has 0 aromatic rings. The predicted octanol–water partition coefficient (Wildman–Crippen LogP) is 3.37. The summed E-state index contributed by atoms with van der Waals surface area (Å²) in [6.45, 7) is 9.84. The van der Waals surface area contributed by atoms with Crippen LogP contribution in [-0.2, 0) is 4.74 Å². The lowest BCUT2D eigenvalue weighted by Gasteiger charge is -2.39. The second-order valence-corrected chi connectivity index (χ2v) is 6.99. The third-order valence-electron chi connectivity index (χ3n) is 3.41. The van der Waals surface area contributed by atoms with Gasteiger partial charge in [0.1, 0.15) is 11.1 Å². The van der Waals surface area contributed by atoms with Gasteiger partial charge in [-0.2, -0.15) is 5.26 Å². The van der Waals surface area contributed by atoms with Gasteiger partial charge in [-0.25, -0.2) is 4.79 Å². The molecule has 1 rings (SSSR count). The fraction of sp³-hybridized carbons (Fsp3) is 0.857. The summed E-state index contributed by atoms with van der Waals surface area (Å²) in [6.07, 6.45) is 2.77. The van der Waals surface area contributed by atoms with E-state index in [4.69, 9.17) is 4.74 Å². The molecule has 1 aliphatic rings. The highest BCUT2D eigenvalue weighted by atomic mass is 16.6. The van der Waals surface area contributed by atoms with E-state index < -0.39 is 17.2 Å². The van der Waals surface area contributed by atoms with Crippen LogP contribution in [0.3, 0.4) is 0 Å². The maximum atomic E-state index is 11.8. The third-order valence-corrected chi connectivity index (χ3v) is 3.41. The van der Waals surface area contributed by atoms with Crippen LogP contribution >= 0.6 is 0 Å². The summed E-state index contributed by atoms with van der Waals surface area (Å²) >= 11 is 0. The van der Waals surface area contributed by atoms with E-state index in [1.807, 2.05) is 20.8 Å². The van der Waals surface area contributed by atoms with Crippen molar-refractivity contribution in [3.63, 3.8) is 0 Å². The van der Waals surface area contributed by atoms with Gasteiger partial charge in [-0.05, 0) is 51.9 Å². The van der Waals surface area contributed by atoms with Gasteiger partial charge < -0.3 is 10.1 Å². The van der Waals surface area contributed by atoms with Crippen LogP contribution in [0, 0.1) is 16.7 Å². The molecular formula is C14H24N2O2. The summed E-state index contributed by atoms with van der Waals surface area (Å²) in [5.41, 5.74) is -1.03. The number of nitrogens with zero attached hydrogens (tertiary/aromatic N) is 1. The van der Waals surface area contributed by atoms with Gasteiger partial charge >= 0.3 is 6.09 Å². The number of ether oxygens (including phenoxy) is 1. The molecule has 1 saturated carbocycles. The van der Waals surface area contributed by atoms with E-state index in [0.29, 0.717) is 12.8 Å².